The molecule has 0 radical (unpaired) electrons. The Morgan fingerprint density at radius 1 is 1.24 bits per heavy atom. The van der Waals surface area contributed by atoms with Crippen molar-refractivity contribution in [3.8, 4) is 11.4 Å². The number of hydrogen-bond acceptors (Lipinski definition) is 4. The number of rotatable bonds is 2. The molecule has 0 atom stereocenters. The van der Waals surface area contributed by atoms with Gasteiger partial charge in [-0.15, -0.1) is 0 Å². The van der Waals surface area contributed by atoms with Crippen molar-refractivity contribution < 1.29 is 9.13 Å². The van der Waals surface area contributed by atoms with Crippen molar-refractivity contribution in [1.82, 2.24) is 9.55 Å². The topological polar surface area (TPSA) is 70.1 Å². The molecule has 25 heavy (non-hydrogen) atoms. The Hall–Kier alpha value is -2.41. The molecule has 0 unspecified atom stereocenters. The van der Waals surface area contributed by atoms with Gasteiger partial charge in [0.2, 0.25) is 0 Å². The molecule has 0 aliphatic carbocycles. The first-order valence-corrected chi connectivity index (χ1v) is 8.41. The maximum Gasteiger partial charge on any atom is 0.265 e. The third-order valence-electron chi connectivity index (χ3n) is 3.51. The van der Waals surface area contributed by atoms with Gasteiger partial charge in [0.1, 0.15) is 23.2 Å². The number of nitrogen functional groups attached to an aromatic ring is 1. The smallest absolute Gasteiger partial charge is 0.265 e. The third-order valence-corrected chi connectivity index (χ3v) is 4.12. The van der Waals surface area contributed by atoms with E-state index in [0.29, 0.717) is 17.1 Å². The van der Waals surface area contributed by atoms with E-state index in [0.717, 1.165) is 0 Å². The van der Waals surface area contributed by atoms with E-state index in [2.05, 4.69) is 20.9 Å². The lowest BCUT2D eigenvalue weighted by atomic mass is 10.2. The van der Waals surface area contributed by atoms with Crippen LogP contribution in [-0.2, 0) is 0 Å². The molecule has 0 aliphatic heterocycles. The van der Waals surface area contributed by atoms with Crippen LogP contribution in [0.15, 0.2) is 45.9 Å². The maximum atomic E-state index is 14.1. The lowest BCUT2D eigenvalue weighted by Crippen LogP contribution is -2.24. The van der Waals surface area contributed by atoms with Crippen LogP contribution in [0.3, 0.4) is 0 Å². The fraction of sp³-hybridized carbons (Fsp3) is 0.222. The number of ether oxygens (including phenoxy) is 1. The molecule has 0 saturated carbocycles. The summed E-state index contributed by atoms with van der Waals surface area (Å²) in [6.07, 6.45) is 1.29. The highest BCUT2D eigenvalue weighted by Gasteiger charge is 2.16. The lowest BCUT2D eigenvalue weighted by molar-refractivity contribution is 0.132. The molecular formula is C18H17BrFN3O2. The quantitative estimate of drug-likeness (QED) is 0.652. The molecule has 7 heteroatoms. The maximum absolute atomic E-state index is 14.1. The second-order valence-corrected chi connectivity index (χ2v) is 7.47. The highest BCUT2D eigenvalue weighted by atomic mass is 79.9. The number of nitrogens with zero attached hydrogens (tertiary/aromatic N) is 2. The molecule has 2 aromatic carbocycles. The van der Waals surface area contributed by atoms with Gasteiger partial charge in [0.25, 0.3) is 5.56 Å². The minimum Gasteiger partial charge on any atom is -0.486 e. The second kappa shape index (κ2) is 6.15. The van der Waals surface area contributed by atoms with Gasteiger partial charge in [0, 0.05) is 0 Å². The average molecular weight is 406 g/mol. The summed E-state index contributed by atoms with van der Waals surface area (Å²) in [6, 6.07) is 8.07. The van der Waals surface area contributed by atoms with Crippen LogP contribution in [0.2, 0.25) is 0 Å². The molecule has 0 spiro atoms. The summed E-state index contributed by atoms with van der Waals surface area (Å²) < 4.78 is 21.5. The molecule has 0 saturated heterocycles. The fourth-order valence-electron chi connectivity index (χ4n) is 2.43. The van der Waals surface area contributed by atoms with Crippen molar-refractivity contribution in [2.24, 2.45) is 0 Å². The van der Waals surface area contributed by atoms with E-state index in [4.69, 9.17) is 10.5 Å². The Labute approximate surface area is 152 Å². The molecule has 0 fully saturated rings. The van der Waals surface area contributed by atoms with E-state index in [1.165, 1.54) is 23.0 Å². The van der Waals surface area contributed by atoms with Crippen LogP contribution in [0.4, 0.5) is 10.1 Å². The summed E-state index contributed by atoms with van der Waals surface area (Å²) >= 11 is 3.09. The Kier molecular flexibility index (Phi) is 4.28. The number of hydrogen-bond donors (Lipinski definition) is 1. The zero-order valence-corrected chi connectivity index (χ0v) is 15.6. The van der Waals surface area contributed by atoms with Gasteiger partial charge in [0.05, 0.1) is 21.2 Å². The number of halogens is 2. The minimum atomic E-state index is -0.560. The van der Waals surface area contributed by atoms with Gasteiger partial charge < -0.3 is 10.5 Å². The van der Waals surface area contributed by atoms with Gasteiger partial charge in [-0.25, -0.2) is 9.37 Å². The second-order valence-electron chi connectivity index (χ2n) is 6.61. The van der Waals surface area contributed by atoms with E-state index in [9.17, 15) is 9.18 Å². The predicted octanol–water partition coefficient (Wildman–Crippen LogP) is 4.05. The van der Waals surface area contributed by atoms with Gasteiger partial charge in [-0.05, 0) is 67.0 Å². The van der Waals surface area contributed by atoms with Crippen molar-refractivity contribution in [3.05, 3.63) is 57.3 Å². The molecular weight excluding hydrogens is 389 g/mol. The van der Waals surface area contributed by atoms with Gasteiger partial charge in [-0.2, -0.15) is 0 Å². The molecule has 0 bridgehead atoms. The van der Waals surface area contributed by atoms with Crippen molar-refractivity contribution in [2.75, 3.05) is 5.73 Å². The van der Waals surface area contributed by atoms with Crippen LogP contribution in [-0.4, -0.2) is 15.2 Å². The largest absolute Gasteiger partial charge is 0.486 e. The summed E-state index contributed by atoms with van der Waals surface area (Å²) in [5.41, 5.74) is 6.24. The number of anilines is 1. The first-order valence-electron chi connectivity index (χ1n) is 7.61. The Morgan fingerprint density at radius 2 is 1.96 bits per heavy atom. The number of nitrogens with two attached hydrogens (primary N) is 1. The van der Waals surface area contributed by atoms with E-state index in [1.54, 1.807) is 18.2 Å². The average Bonchev–Trinajstić information content (AvgIpc) is 2.52. The summed E-state index contributed by atoms with van der Waals surface area (Å²) in [6.45, 7) is 5.76. The zero-order chi connectivity index (χ0) is 18.4. The molecule has 1 heterocycles. The van der Waals surface area contributed by atoms with E-state index in [1.807, 2.05) is 20.8 Å². The molecule has 0 amide bonds. The van der Waals surface area contributed by atoms with Gasteiger partial charge in [-0.3, -0.25) is 9.36 Å². The fourth-order valence-corrected chi connectivity index (χ4v) is 2.75. The summed E-state index contributed by atoms with van der Waals surface area (Å²) in [5, 5.41) is 0.191. The van der Waals surface area contributed by atoms with E-state index < -0.39 is 5.82 Å². The zero-order valence-electron chi connectivity index (χ0n) is 14.0. The number of fused-ring (bicyclic) bond motifs is 1. The third kappa shape index (κ3) is 3.37. The van der Waals surface area contributed by atoms with E-state index >= 15 is 0 Å². The van der Waals surface area contributed by atoms with Crippen LogP contribution < -0.4 is 16.0 Å². The van der Waals surface area contributed by atoms with E-state index in [-0.39, 0.29) is 26.5 Å². The monoisotopic (exact) mass is 405 g/mol. The highest BCUT2D eigenvalue weighted by Crippen LogP contribution is 2.28. The van der Waals surface area contributed by atoms with Crippen molar-refractivity contribution in [1.29, 1.82) is 0 Å². The SMILES string of the molecule is CC(C)(C)Oc1ccc(-n2cnc3c(F)c(Br)ccc3c2=O)cc1N. The predicted molar refractivity (Wildman–Crippen MR) is 99.8 cm³/mol. The van der Waals surface area contributed by atoms with Crippen molar-refractivity contribution in [2.45, 2.75) is 26.4 Å². The van der Waals surface area contributed by atoms with Crippen LogP contribution in [0.5, 0.6) is 5.75 Å². The Bertz CT molecular complexity index is 1030. The summed E-state index contributed by atoms with van der Waals surface area (Å²) in [5.74, 6) is -0.0248. The van der Waals surface area contributed by atoms with Crippen LogP contribution >= 0.6 is 15.9 Å². The first kappa shape index (κ1) is 17.4. The summed E-state index contributed by atoms with van der Waals surface area (Å²) in [7, 11) is 0. The van der Waals surface area contributed by atoms with Gasteiger partial charge in [-0.1, -0.05) is 0 Å². The van der Waals surface area contributed by atoms with Gasteiger partial charge >= 0.3 is 0 Å². The minimum absolute atomic E-state index is 0.0243. The number of aromatic nitrogens is 2. The molecule has 0 aliphatic rings. The molecule has 130 valence electrons. The van der Waals surface area contributed by atoms with Crippen molar-refractivity contribution >= 4 is 32.5 Å². The van der Waals surface area contributed by atoms with Gasteiger partial charge in [0.15, 0.2) is 5.82 Å². The normalized spacial score (nSPS) is 11.7. The highest BCUT2D eigenvalue weighted by molar-refractivity contribution is 9.10. The molecule has 5 nitrogen and oxygen atoms in total. The molecule has 3 aromatic rings. The Morgan fingerprint density at radius 3 is 2.60 bits per heavy atom. The molecule has 2 N–H and O–H groups in total. The van der Waals surface area contributed by atoms with Crippen LogP contribution in [0.25, 0.3) is 16.6 Å². The molecule has 3 rings (SSSR count). The van der Waals surface area contributed by atoms with Crippen LogP contribution in [0.1, 0.15) is 20.8 Å². The first-order chi connectivity index (χ1) is 11.7. The Balaban J connectivity index is 2.11. The number of benzene rings is 2. The molecule has 1 aromatic heterocycles. The standard InChI is InChI=1S/C18H17BrFN3O2/c1-18(2,3)25-14-7-4-10(8-13(14)21)23-9-22-16-11(17(23)24)5-6-12(19)15(16)20/h4-9H,21H2,1-3H3. The van der Waals surface area contributed by atoms with Crippen LogP contribution in [0, 0.1) is 5.82 Å². The lowest BCUT2D eigenvalue weighted by Gasteiger charge is -2.22. The summed E-state index contributed by atoms with van der Waals surface area (Å²) in [4.78, 5) is 16.8. The van der Waals surface area contributed by atoms with Crippen molar-refractivity contribution in [3.63, 3.8) is 0 Å².